The van der Waals surface area contributed by atoms with E-state index in [2.05, 4.69) is 0 Å². The van der Waals surface area contributed by atoms with Gasteiger partial charge in [-0.3, -0.25) is 4.79 Å². The van der Waals surface area contributed by atoms with Gasteiger partial charge in [0.2, 0.25) is 0 Å². The Morgan fingerprint density at radius 1 is 1.35 bits per heavy atom. The Labute approximate surface area is 123 Å². The highest BCUT2D eigenvalue weighted by Gasteiger charge is 2.25. The molecule has 0 saturated heterocycles. The molecule has 3 nitrogen and oxygen atoms in total. The topological polar surface area (TPSA) is 40.5 Å². The predicted molar refractivity (Wildman–Crippen MR) is 84.4 cm³/mol. The Balaban J connectivity index is 2.37. The van der Waals surface area contributed by atoms with Gasteiger partial charge in [-0.15, -0.1) is 11.3 Å². The van der Waals surface area contributed by atoms with Gasteiger partial charge in [0.15, 0.2) is 0 Å². The maximum absolute atomic E-state index is 12.7. The monoisotopic (exact) mass is 291 g/mol. The molecule has 0 fully saturated rings. The molecule has 1 amide bonds. The summed E-state index contributed by atoms with van der Waals surface area (Å²) in [4.78, 5) is 15.2. The molecule has 0 unspecified atom stereocenters. The molecular weight excluding hydrogens is 270 g/mol. The Kier molecular flexibility index (Phi) is 4.16. The first-order valence-corrected chi connectivity index (χ1v) is 7.65. The quantitative estimate of drug-likeness (QED) is 0.937. The number of likely N-dealkylation sites (N-methyl/N-ethyl adjacent to an activating group) is 1. The number of fused-ring (bicyclic) bond motifs is 1. The van der Waals surface area contributed by atoms with E-state index >= 15 is 0 Å². The van der Waals surface area contributed by atoms with Crippen LogP contribution in [0.3, 0.4) is 0 Å². The highest BCUT2D eigenvalue weighted by molar-refractivity contribution is 7.21. The van der Waals surface area contributed by atoms with Gasteiger partial charge >= 0.3 is 0 Å². The minimum atomic E-state index is -0.879. The van der Waals surface area contributed by atoms with Gasteiger partial charge < -0.3 is 10.0 Å². The van der Waals surface area contributed by atoms with E-state index in [0.717, 1.165) is 20.5 Å². The highest BCUT2D eigenvalue weighted by Crippen LogP contribution is 2.31. The lowest BCUT2D eigenvalue weighted by atomic mass is 10.1. The molecule has 4 heteroatoms. The van der Waals surface area contributed by atoms with Crippen LogP contribution in [-0.4, -0.2) is 34.6 Å². The summed E-state index contributed by atoms with van der Waals surface area (Å²) in [5.74, 6) is 0.00771. The minimum Gasteiger partial charge on any atom is -0.389 e. The lowest BCUT2D eigenvalue weighted by molar-refractivity contribution is 0.0317. The first kappa shape index (κ1) is 15.0. The number of carbonyl (C=O) groups excluding carboxylic acids is 1. The smallest absolute Gasteiger partial charge is 0.264 e. The van der Waals surface area contributed by atoms with Crippen molar-refractivity contribution in [1.82, 2.24) is 4.90 Å². The zero-order chi connectivity index (χ0) is 14.9. The standard InChI is InChI=1S/C16H21NO2S/c1-5-17(10-16(3,4)19)15(18)14-11(2)12-8-6-7-9-13(12)20-14/h6-9,19H,5,10H2,1-4H3. The van der Waals surface area contributed by atoms with E-state index in [1.54, 1.807) is 18.7 Å². The third kappa shape index (κ3) is 3.02. The van der Waals surface area contributed by atoms with E-state index in [1.807, 2.05) is 38.1 Å². The molecule has 2 rings (SSSR count). The fraction of sp³-hybridized carbons (Fsp3) is 0.438. The molecule has 0 radical (unpaired) electrons. The van der Waals surface area contributed by atoms with E-state index in [-0.39, 0.29) is 5.91 Å². The molecule has 1 heterocycles. The molecule has 108 valence electrons. The number of benzene rings is 1. The van der Waals surface area contributed by atoms with Crippen LogP contribution in [0.4, 0.5) is 0 Å². The molecule has 20 heavy (non-hydrogen) atoms. The van der Waals surface area contributed by atoms with Gasteiger partial charge in [0.1, 0.15) is 0 Å². The molecule has 0 bridgehead atoms. The lowest BCUT2D eigenvalue weighted by Crippen LogP contribution is -2.42. The summed E-state index contributed by atoms with van der Waals surface area (Å²) in [6.07, 6.45) is 0. The second-order valence-electron chi connectivity index (χ2n) is 5.68. The molecule has 0 spiro atoms. The van der Waals surface area contributed by atoms with Crippen molar-refractivity contribution in [3.8, 4) is 0 Å². The van der Waals surface area contributed by atoms with Crippen molar-refractivity contribution in [3.63, 3.8) is 0 Å². The van der Waals surface area contributed by atoms with Crippen LogP contribution < -0.4 is 0 Å². The van der Waals surface area contributed by atoms with Gasteiger partial charge in [-0.2, -0.15) is 0 Å². The lowest BCUT2D eigenvalue weighted by Gasteiger charge is -2.28. The van der Waals surface area contributed by atoms with Gasteiger partial charge in [-0.25, -0.2) is 0 Å². The maximum atomic E-state index is 12.7. The molecule has 1 N–H and O–H groups in total. The number of thiophene rings is 1. The predicted octanol–water partition coefficient (Wildman–Crippen LogP) is 3.44. The second kappa shape index (κ2) is 5.54. The first-order chi connectivity index (χ1) is 9.33. The van der Waals surface area contributed by atoms with E-state index < -0.39 is 5.60 Å². The van der Waals surface area contributed by atoms with E-state index in [1.165, 1.54) is 11.3 Å². The van der Waals surface area contributed by atoms with Gasteiger partial charge in [0.25, 0.3) is 5.91 Å². The van der Waals surface area contributed by atoms with Crippen molar-refractivity contribution in [3.05, 3.63) is 34.7 Å². The minimum absolute atomic E-state index is 0.00771. The number of hydrogen-bond acceptors (Lipinski definition) is 3. The number of aryl methyl sites for hydroxylation is 1. The summed E-state index contributed by atoms with van der Waals surface area (Å²) in [5, 5.41) is 11.1. The van der Waals surface area contributed by atoms with Crippen molar-refractivity contribution >= 4 is 27.3 Å². The number of nitrogens with zero attached hydrogens (tertiary/aromatic N) is 1. The van der Waals surface area contributed by atoms with Crippen LogP contribution in [0, 0.1) is 6.92 Å². The van der Waals surface area contributed by atoms with Crippen LogP contribution in [0.1, 0.15) is 36.0 Å². The van der Waals surface area contributed by atoms with Crippen LogP contribution in [-0.2, 0) is 0 Å². The van der Waals surface area contributed by atoms with Crippen molar-refractivity contribution < 1.29 is 9.90 Å². The Morgan fingerprint density at radius 2 is 2.00 bits per heavy atom. The average molecular weight is 291 g/mol. The Bertz CT molecular complexity index is 625. The molecule has 2 aromatic rings. The highest BCUT2D eigenvalue weighted by atomic mass is 32.1. The summed E-state index contributed by atoms with van der Waals surface area (Å²) in [6.45, 7) is 8.31. The number of hydrogen-bond donors (Lipinski definition) is 1. The van der Waals surface area contributed by atoms with Crippen molar-refractivity contribution in [2.75, 3.05) is 13.1 Å². The largest absolute Gasteiger partial charge is 0.389 e. The number of aliphatic hydroxyl groups is 1. The third-order valence-electron chi connectivity index (χ3n) is 3.28. The summed E-state index contributed by atoms with van der Waals surface area (Å²) in [7, 11) is 0. The Hall–Kier alpha value is -1.39. The molecule has 0 atom stereocenters. The molecule has 1 aromatic carbocycles. The summed E-state index contributed by atoms with van der Waals surface area (Å²) in [5.41, 5.74) is 0.154. The molecule has 0 saturated carbocycles. The SMILES string of the molecule is CCN(CC(C)(C)O)C(=O)c1sc2ccccc2c1C. The van der Waals surface area contributed by atoms with Crippen LogP contribution in [0.15, 0.2) is 24.3 Å². The summed E-state index contributed by atoms with van der Waals surface area (Å²) < 4.78 is 1.13. The van der Waals surface area contributed by atoms with Crippen LogP contribution >= 0.6 is 11.3 Å². The fourth-order valence-corrected chi connectivity index (χ4v) is 3.49. The molecule has 0 aliphatic heterocycles. The van der Waals surface area contributed by atoms with Gasteiger partial charge in [0.05, 0.1) is 10.5 Å². The van der Waals surface area contributed by atoms with Crippen LogP contribution in [0.2, 0.25) is 0 Å². The molecule has 0 aliphatic carbocycles. The zero-order valence-electron chi connectivity index (χ0n) is 12.4. The summed E-state index contributed by atoms with van der Waals surface area (Å²) in [6, 6.07) is 8.06. The van der Waals surface area contributed by atoms with Crippen molar-refractivity contribution in [2.45, 2.75) is 33.3 Å². The van der Waals surface area contributed by atoms with Gasteiger partial charge in [-0.1, -0.05) is 18.2 Å². The number of rotatable bonds is 4. The van der Waals surface area contributed by atoms with Crippen LogP contribution in [0.25, 0.3) is 10.1 Å². The van der Waals surface area contributed by atoms with Gasteiger partial charge in [0, 0.05) is 17.8 Å². The second-order valence-corrected chi connectivity index (χ2v) is 6.74. The Morgan fingerprint density at radius 3 is 2.55 bits per heavy atom. The maximum Gasteiger partial charge on any atom is 0.264 e. The van der Waals surface area contributed by atoms with E-state index in [9.17, 15) is 9.90 Å². The van der Waals surface area contributed by atoms with Crippen molar-refractivity contribution in [1.29, 1.82) is 0 Å². The van der Waals surface area contributed by atoms with Crippen LogP contribution in [0.5, 0.6) is 0 Å². The fourth-order valence-electron chi connectivity index (χ4n) is 2.32. The summed E-state index contributed by atoms with van der Waals surface area (Å²) >= 11 is 1.53. The molecule has 1 aromatic heterocycles. The third-order valence-corrected chi connectivity index (χ3v) is 4.55. The number of amides is 1. The van der Waals surface area contributed by atoms with Crippen molar-refractivity contribution in [2.24, 2.45) is 0 Å². The number of carbonyl (C=O) groups is 1. The first-order valence-electron chi connectivity index (χ1n) is 6.83. The zero-order valence-corrected chi connectivity index (χ0v) is 13.3. The van der Waals surface area contributed by atoms with Gasteiger partial charge in [-0.05, 0) is 44.7 Å². The molecular formula is C16H21NO2S. The average Bonchev–Trinajstić information content (AvgIpc) is 2.72. The van der Waals surface area contributed by atoms with E-state index in [0.29, 0.717) is 13.1 Å². The molecule has 0 aliphatic rings. The van der Waals surface area contributed by atoms with E-state index in [4.69, 9.17) is 0 Å². The normalized spacial score (nSPS) is 11.8.